The van der Waals surface area contributed by atoms with Gasteiger partial charge in [-0.05, 0) is 31.2 Å². The minimum Gasteiger partial charge on any atom is -0.329 e. The first-order chi connectivity index (χ1) is 8.81. The number of rotatable bonds is 5. The molecule has 100 valence electrons. The first kappa shape index (κ1) is 13.6. The normalized spacial score (nSPS) is 20.6. The lowest BCUT2D eigenvalue weighted by Crippen LogP contribution is -2.44. The summed E-state index contributed by atoms with van der Waals surface area (Å²) in [6, 6.07) is 11.5. The molecule has 2 heteroatoms. The quantitative estimate of drug-likeness (QED) is 0.837. The predicted octanol–water partition coefficient (Wildman–Crippen LogP) is 3.24. The zero-order chi connectivity index (χ0) is 12.8. The highest BCUT2D eigenvalue weighted by molar-refractivity contribution is 5.18. The van der Waals surface area contributed by atoms with E-state index < -0.39 is 0 Å². The van der Waals surface area contributed by atoms with E-state index in [0.717, 1.165) is 12.5 Å². The monoisotopic (exact) mass is 246 g/mol. The molecule has 0 amide bonds. The molecule has 0 saturated heterocycles. The summed E-state index contributed by atoms with van der Waals surface area (Å²) in [5.41, 5.74) is 7.32. The Morgan fingerprint density at radius 1 is 1.17 bits per heavy atom. The van der Waals surface area contributed by atoms with Gasteiger partial charge in [-0.1, -0.05) is 49.6 Å². The summed E-state index contributed by atoms with van der Waals surface area (Å²) < 4.78 is 0. The van der Waals surface area contributed by atoms with Crippen molar-refractivity contribution in [3.05, 3.63) is 35.9 Å². The van der Waals surface area contributed by atoms with Crippen molar-refractivity contribution in [3.63, 3.8) is 0 Å². The highest BCUT2D eigenvalue weighted by Gasteiger charge is 2.23. The molecule has 2 unspecified atom stereocenters. The number of hydrogen-bond donors (Lipinski definition) is 2. The van der Waals surface area contributed by atoms with Gasteiger partial charge in [0, 0.05) is 18.6 Å². The molecule has 0 spiro atoms. The Labute approximate surface area is 111 Å². The van der Waals surface area contributed by atoms with Crippen LogP contribution in [0.2, 0.25) is 0 Å². The Balaban J connectivity index is 1.93. The number of nitrogens with one attached hydrogen (secondary N) is 1. The van der Waals surface area contributed by atoms with Crippen LogP contribution in [0, 0.1) is 5.92 Å². The molecule has 1 aliphatic carbocycles. The maximum absolute atomic E-state index is 5.97. The van der Waals surface area contributed by atoms with Gasteiger partial charge >= 0.3 is 0 Å². The van der Waals surface area contributed by atoms with Gasteiger partial charge in [-0.25, -0.2) is 0 Å². The second kappa shape index (κ2) is 6.91. The Morgan fingerprint density at radius 2 is 1.83 bits per heavy atom. The molecule has 2 nitrogen and oxygen atoms in total. The van der Waals surface area contributed by atoms with Crippen LogP contribution >= 0.6 is 0 Å². The smallest absolute Gasteiger partial charge is 0.0294 e. The van der Waals surface area contributed by atoms with Gasteiger partial charge in [-0.2, -0.15) is 0 Å². The van der Waals surface area contributed by atoms with Crippen LogP contribution in [0.1, 0.15) is 50.6 Å². The molecule has 1 saturated carbocycles. The van der Waals surface area contributed by atoms with Crippen molar-refractivity contribution in [3.8, 4) is 0 Å². The molecule has 0 heterocycles. The fraction of sp³-hybridized carbons (Fsp3) is 0.625. The molecule has 1 aromatic rings. The summed E-state index contributed by atoms with van der Waals surface area (Å²) in [6.07, 6.45) is 6.85. The molecule has 18 heavy (non-hydrogen) atoms. The summed E-state index contributed by atoms with van der Waals surface area (Å²) in [6.45, 7) is 2.99. The predicted molar refractivity (Wildman–Crippen MR) is 77.4 cm³/mol. The Kier molecular flexibility index (Phi) is 5.21. The minimum absolute atomic E-state index is 0.390. The van der Waals surface area contributed by atoms with Gasteiger partial charge in [-0.3, -0.25) is 0 Å². The molecule has 0 radical (unpaired) electrons. The molecule has 1 fully saturated rings. The third-order valence-corrected chi connectivity index (χ3v) is 4.24. The van der Waals surface area contributed by atoms with Crippen molar-refractivity contribution >= 4 is 0 Å². The maximum Gasteiger partial charge on any atom is 0.0294 e. The summed E-state index contributed by atoms with van der Waals surface area (Å²) in [4.78, 5) is 0. The standard InChI is InChI=1S/C16H26N2/c1-13(14-8-4-2-5-9-14)18-16(12-17)15-10-6-3-7-11-15/h2,4-5,8-9,13,15-16,18H,3,6-7,10-12,17H2,1H3. The largest absolute Gasteiger partial charge is 0.329 e. The van der Waals surface area contributed by atoms with Gasteiger partial charge in [-0.15, -0.1) is 0 Å². The van der Waals surface area contributed by atoms with Crippen LogP contribution in [0.5, 0.6) is 0 Å². The van der Waals surface area contributed by atoms with Crippen LogP contribution in [0.25, 0.3) is 0 Å². The van der Waals surface area contributed by atoms with E-state index in [1.54, 1.807) is 0 Å². The van der Waals surface area contributed by atoms with E-state index in [-0.39, 0.29) is 0 Å². The minimum atomic E-state index is 0.390. The molecule has 1 aliphatic rings. The van der Waals surface area contributed by atoms with Gasteiger partial charge < -0.3 is 11.1 Å². The SMILES string of the molecule is CC(NC(CN)C1CCCCC1)c1ccccc1. The van der Waals surface area contributed by atoms with Gasteiger partial charge in [0.1, 0.15) is 0 Å². The second-order valence-corrected chi connectivity index (χ2v) is 5.54. The molecule has 0 aromatic heterocycles. The Morgan fingerprint density at radius 3 is 2.44 bits per heavy atom. The zero-order valence-corrected chi connectivity index (χ0v) is 11.4. The molecular formula is C16H26N2. The third-order valence-electron chi connectivity index (χ3n) is 4.24. The van der Waals surface area contributed by atoms with E-state index in [1.165, 1.54) is 37.7 Å². The average molecular weight is 246 g/mol. The zero-order valence-electron chi connectivity index (χ0n) is 11.4. The van der Waals surface area contributed by atoms with Crippen LogP contribution in [0.3, 0.4) is 0 Å². The van der Waals surface area contributed by atoms with E-state index in [9.17, 15) is 0 Å². The number of hydrogen-bond acceptors (Lipinski definition) is 2. The van der Waals surface area contributed by atoms with Crippen molar-refractivity contribution in [2.75, 3.05) is 6.54 Å². The highest BCUT2D eigenvalue weighted by Crippen LogP contribution is 2.27. The Hall–Kier alpha value is -0.860. The van der Waals surface area contributed by atoms with Crippen LogP contribution in [-0.4, -0.2) is 12.6 Å². The van der Waals surface area contributed by atoms with Crippen LogP contribution in [0.15, 0.2) is 30.3 Å². The lowest BCUT2D eigenvalue weighted by atomic mass is 9.83. The van der Waals surface area contributed by atoms with E-state index in [1.807, 2.05) is 0 Å². The average Bonchev–Trinajstić information content (AvgIpc) is 2.46. The lowest BCUT2D eigenvalue weighted by Gasteiger charge is -2.32. The van der Waals surface area contributed by atoms with Crippen molar-refractivity contribution < 1.29 is 0 Å². The summed E-state index contributed by atoms with van der Waals surface area (Å²) in [5.74, 6) is 0.773. The number of nitrogens with two attached hydrogens (primary N) is 1. The highest BCUT2D eigenvalue weighted by atomic mass is 15.0. The fourth-order valence-corrected chi connectivity index (χ4v) is 3.09. The third kappa shape index (κ3) is 3.56. The van der Waals surface area contributed by atoms with Crippen LogP contribution in [0.4, 0.5) is 0 Å². The van der Waals surface area contributed by atoms with Crippen LogP contribution in [-0.2, 0) is 0 Å². The Bertz CT molecular complexity index is 330. The van der Waals surface area contributed by atoms with Crippen LogP contribution < -0.4 is 11.1 Å². The van der Waals surface area contributed by atoms with Gasteiger partial charge in [0.2, 0.25) is 0 Å². The van der Waals surface area contributed by atoms with E-state index in [0.29, 0.717) is 12.1 Å². The fourth-order valence-electron chi connectivity index (χ4n) is 3.09. The van der Waals surface area contributed by atoms with E-state index in [4.69, 9.17) is 5.73 Å². The molecule has 2 atom stereocenters. The van der Waals surface area contributed by atoms with Gasteiger partial charge in [0.05, 0.1) is 0 Å². The molecular weight excluding hydrogens is 220 g/mol. The van der Waals surface area contributed by atoms with Crippen molar-refractivity contribution in [2.45, 2.75) is 51.1 Å². The van der Waals surface area contributed by atoms with Crippen molar-refractivity contribution in [1.82, 2.24) is 5.32 Å². The topological polar surface area (TPSA) is 38.0 Å². The van der Waals surface area contributed by atoms with Crippen molar-refractivity contribution in [1.29, 1.82) is 0 Å². The first-order valence-corrected chi connectivity index (χ1v) is 7.32. The van der Waals surface area contributed by atoms with Crippen molar-refractivity contribution in [2.24, 2.45) is 11.7 Å². The molecule has 0 aliphatic heterocycles. The second-order valence-electron chi connectivity index (χ2n) is 5.54. The van der Waals surface area contributed by atoms with E-state index >= 15 is 0 Å². The summed E-state index contributed by atoms with van der Waals surface area (Å²) >= 11 is 0. The summed E-state index contributed by atoms with van der Waals surface area (Å²) in [7, 11) is 0. The lowest BCUT2D eigenvalue weighted by molar-refractivity contribution is 0.259. The molecule has 3 N–H and O–H groups in total. The first-order valence-electron chi connectivity index (χ1n) is 7.32. The summed E-state index contributed by atoms with van der Waals surface area (Å²) in [5, 5.41) is 3.73. The van der Waals surface area contributed by atoms with Gasteiger partial charge in [0.15, 0.2) is 0 Å². The maximum atomic E-state index is 5.97. The van der Waals surface area contributed by atoms with E-state index in [2.05, 4.69) is 42.6 Å². The molecule has 0 bridgehead atoms. The molecule has 2 rings (SSSR count). The molecule has 1 aromatic carbocycles. The number of benzene rings is 1. The van der Waals surface area contributed by atoms with Gasteiger partial charge in [0.25, 0.3) is 0 Å².